The Labute approximate surface area is 209 Å². The minimum atomic E-state index is -0.161. The molecule has 10 heteroatoms. The summed E-state index contributed by atoms with van der Waals surface area (Å²) < 4.78 is 6.00. The Bertz CT molecular complexity index is 1260. The van der Waals surface area contributed by atoms with Crippen molar-refractivity contribution in [3.05, 3.63) is 68.7 Å². The molecule has 4 rings (SSSR count). The van der Waals surface area contributed by atoms with Crippen molar-refractivity contribution in [3.8, 4) is 34.0 Å². The third-order valence-corrected chi connectivity index (χ3v) is 5.91. The lowest BCUT2D eigenvalue weighted by Crippen LogP contribution is -2.10. The van der Waals surface area contributed by atoms with E-state index in [2.05, 4.69) is 36.2 Å². The summed E-state index contributed by atoms with van der Waals surface area (Å²) in [6.07, 6.45) is 1.68. The quantitative estimate of drug-likeness (QED) is 0.240. The van der Waals surface area contributed by atoms with E-state index in [0.717, 1.165) is 10.0 Å². The van der Waals surface area contributed by atoms with E-state index in [1.807, 2.05) is 24.3 Å². The zero-order chi connectivity index (χ0) is 23.4. The maximum atomic E-state index is 9.45. The number of nitrogens with one attached hydrogen (secondary N) is 2. The molecular formula is C23H20BrCl2N5O2. The van der Waals surface area contributed by atoms with Gasteiger partial charge in [-0.25, -0.2) is 15.0 Å². The number of aliphatic hydroxyl groups excluding tert-OH is 1. The maximum absolute atomic E-state index is 9.45. The fourth-order valence-corrected chi connectivity index (χ4v) is 4.42. The average molecular weight is 549 g/mol. The molecule has 170 valence electrons. The van der Waals surface area contributed by atoms with Gasteiger partial charge in [0.1, 0.15) is 5.82 Å². The summed E-state index contributed by atoms with van der Waals surface area (Å²) >= 11 is 16.6. The Hall–Kier alpha value is -2.49. The lowest BCUT2D eigenvalue weighted by molar-refractivity contribution is 0.210. The highest BCUT2D eigenvalue weighted by Gasteiger charge is 2.20. The van der Waals surface area contributed by atoms with Crippen molar-refractivity contribution in [2.75, 3.05) is 25.6 Å². The lowest BCUT2D eigenvalue weighted by atomic mass is 10.1. The second-order valence-electron chi connectivity index (χ2n) is 7.10. The molecule has 0 aliphatic rings. The Kier molecular flexibility index (Phi) is 7.62. The van der Waals surface area contributed by atoms with Gasteiger partial charge in [0.15, 0.2) is 0 Å². The van der Waals surface area contributed by atoms with Gasteiger partial charge in [0.2, 0.25) is 5.95 Å². The van der Waals surface area contributed by atoms with Gasteiger partial charge in [-0.05, 0) is 35.9 Å². The first-order valence-electron chi connectivity index (χ1n) is 10.0. The van der Waals surface area contributed by atoms with Crippen molar-refractivity contribution in [3.63, 3.8) is 0 Å². The highest BCUT2D eigenvalue weighted by Crippen LogP contribution is 2.39. The molecule has 0 bridgehead atoms. The van der Waals surface area contributed by atoms with Crippen LogP contribution in [0.3, 0.4) is 0 Å². The van der Waals surface area contributed by atoms with E-state index in [0.29, 0.717) is 63.2 Å². The molecule has 0 spiro atoms. The lowest BCUT2D eigenvalue weighted by Gasteiger charge is -2.07. The maximum Gasteiger partial charge on any atom is 0.223 e. The van der Waals surface area contributed by atoms with Gasteiger partial charge in [-0.1, -0.05) is 51.3 Å². The Balaban J connectivity index is 1.85. The van der Waals surface area contributed by atoms with Crippen LogP contribution in [0.25, 0.3) is 34.0 Å². The molecule has 0 radical (unpaired) electrons. The second kappa shape index (κ2) is 10.6. The summed E-state index contributed by atoms with van der Waals surface area (Å²) in [5.74, 6) is 0.969. The number of hydrogen-bond acceptors (Lipinski definition) is 6. The molecule has 0 saturated heterocycles. The molecule has 0 fully saturated rings. The zero-order valence-electron chi connectivity index (χ0n) is 17.6. The number of methoxy groups -OCH3 is 1. The smallest absolute Gasteiger partial charge is 0.223 e. The summed E-state index contributed by atoms with van der Waals surface area (Å²) in [7, 11) is 1.64. The summed E-state index contributed by atoms with van der Waals surface area (Å²) in [5, 5.41) is 13.4. The monoisotopic (exact) mass is 547 g/mol. The van der Waals surface area contributed by atoms with E-state index in [1.165, 1.54) is 0 Å². The molecular weight excluding hydrogens is 529 g/mol. The van der Waals surface area contributed by atoms with E-state index in [1.54, 1.807) is 31.5 Å². The number of hydrogen-bond donors (Lipinski definition) is 3. The molecule has 0 amide bonds. The van der Waals surface area contributed by atoms with Crippen LogP contribution in [0, 0.1) is 0 Å². The number of benzene rings is 2. The van der Waals surface area contributed by atoms with Crippen LogP contribution < -0.4 is 5.32 Å². The number of aromatic nitrogens is 4. The first kappa shape index (κ1) is 23.7. The number of anilines is 1. The van der Waals surface area contributed by atoms with Gasteiger partial charge < -0.3 is 20.1 Å². The third-order valence-electron chi connectivity index (χ3n) is 4.82. The first-order valence-corrected chi connectivity index (χ1v) is 11.6. The van der Waals surface area contributed by atoms with Gasteiger partial charge in [0.25, 0.3) is 0 Å². The Morgan fingerprint density at radius 1 is 1.12 bits per heavy atom. The zero-order valence-corrected chi connectivity index (χ0v) is 20.7. The number of nitrogens with zero attached hydrogens (tertiary/aromatic N) is 3. The van der Waals surface area contributed by atoms with Gasteiger partial charge in [-0.15, -0.1) is 0 Å². The van der Waals surface area contributed by atoms with Crippen molar-refractivity contribution in [2.45, 2.75) is 6.61 Å². The van der Waals surface area contributed by atoms with Crippen molar-refractivity contribution in [2.24, 2.45) is 0 Å². The highest BCUT2D eigenvalue weighted by molar-refractivity contribution is 9.10. The molecule has 0 unspecified atom stereocenters. The van der Waals surface area contributed by atoms with Crippen LogP contribution in [0.1, 0.15) is 5.56 Å². The van der Waals surface area contributed by atoms with E-state index in [9.17, 15) is 5.11 Å². The van der Waals surface area contributed by atoms with Crippen molar-refractivity contribution in [1.29, 1.82) is 0 Å². The van der Waals surface area contributed by atoms with Crippen LogP contribution in [0.4, 0.5) is 5.95 Å². The summed E-state index contributed by atoms with van der Waals surface area (Å²) in [6, 6.07) is 13.0. The number of ether oxygens (including phenoxy) is 1. The molecule has 0 saturated carbocycles. The summed E-state index contributed by atoms with van der Waals surface area (Å²) in [6.45, 7) is 0.952. The number of imidazole rings is 1. The SMILES string of the molecule is COCCNc1nccc(-c2[nH]c(-c3c(Cl)cc(CO)cc3Cl)nc2-c2cccc(Br)c2)n1. The normalized spacial score (nSPS) is 11.1. The van der Waals surface area contributed by atoms with Gasteiger partial charge in [-0.3, -0.25) is 0 Å². The van der Waals surface area contributed by atoms with Gasteiger partial charge in [-0.2, -0.15) is 0 Å². The summed E-state index contributed by atoms with van der Waals surface area (Å²) in [5.41, 5.74) is 4.08. The molecule has 3 N–H and O–H groups in total. The van der Waals surface area contributed by atoms with Crippen LogP contribution in [-0.4, -0.2) is 45.3 Å². The van der Waals surface area contributed by atoms with Crippen LogP contribution >= 0.6 is 39.1 Å². The minimum absolute atomic E-state index is 0.161. The van der Waals surface area contributed by atoms with Crippen LogP contribution in [0.2, 0.25) is 10.0 Å². The molecule has 33 heavy (non-hydrogen) atoms. The van der Waals surface area contributed by atoms with Crippen LogP contribution in [-0.2, 0) is 11.3 Å². The van der Waals surface area contributed by atoms with E-state index in [4.69, 9.17) is 32.9 Å². The van der Waals surface area contributed by atoms with Gasteiger partial charge in [0, 0.05) is 29.9 Å². The third kappa shape index (κ3) is 5.37. The average Bonchev–Trinajstić information content (AvgIpc) is 3.24. The van der Waals surface area contributed by atoms with E-state index in [-0.39, 0.29) is 6.61 Å². The topological polar surface area (TPSA) is 96.0 Å². The molecule has 2 heterocycles. The Morgan fingerprint density at radius 3 is 2.61 bits per heavy atom. The number of H-pyrrole nitrogens is 1. The number of halogens is 3. The van der Waals surface area contributed by atoms with Crippen molar-refractivity contribution < 1.29 is 9.84 Å². The number of rotatable bonds is 8. The predicted molar refractivity (Wildman–Crippen MR) is 134 cm³/mol. The fraction of sp³-hybridized carbons (Fsp3) is 0.174. The fourth-order valence-electron chi connectivity index (χ4n) is 3.31. The summed E-state index contributed by atoms with van der Waals surface area (Å²) in [4.78, 5) is 17.1. The molecule has 0 aliphatic heterocycles. The largest absolute Gasteiger partial charge is 0.392 e. The molecule has 2 aromatic heterocycles. The number of aromatic amines is 1. The molecule has 7 nitrogen and oxygen atoms in total. The van der Waals surface area contributed by atoms with Gasteiger partial charge in [0.05, 0.1) is 45.9 Å². The minimum Gasteiger partial charge on any atom is -0.392 e. The number of aliphatic hydroxyl groups is 1. The molecule has 0 atom stereocenters. The van der Waals surface area contributed by atoms with Crippen molar-refractivity contribution in [1.82, 2.24) is 19.9 Å². The Morgan fingerprint density at radius 2 is 1.91 bits per heavy atom. The second-order valence-corrected chi connectivity index (χ2v) is 8.83. The predicted octanol–water partition coefficient (Wildman–Crippen LogP) is 5.82. The molecule has 2 aromatic carbocycles. The molecule has 4 aromatic rings. The van der Waals surface area contributed by atoms with Crippen molar-refractivity contribution >= 4 is 45.1 Å². The molecule has 0 aliphatic carbocycles. The van der Waals surface area contributed by atoms with Crippen LogP contribution in [0.15, 0.2) is 53.1 Å². The van der Waals surface area contributed by atoms with E-state index >= 15 is 0 Å². The van der Waals surface area contributed by atoms with E-state index < -0.39 is 0 Å². The van der Waals surface area contributed by atoms with Crippen LogP contribution in [0.5, 0.6) is 0 Å². The standard InChI is InChI=1S/C23H20BrCl2N5O2/c1-33-8-7-28-23-27-6-5-18(29-23)21-20(14-3-2-4-15(24)11-14)30-22(31-21)19-16(25)9-13(12-32)10-17(19)26/h2-6,9-11,32H,7-8,12H2,1H3,(H,30,31)(H,27,28,29). The van der Waals surface area contributed by atoms with Gasteiger partial charge >= 0.3 is 0 Å². The first-order chi connectivity index (χ1) is 16.0. The highest BCUT2D eigenvalue weighted by atomic mass is 79.9.